The molecule has 2 aromatic heterocycles. The van der Waals surface area contributed by atoms with Gasteiger partial charge in [0.15, 0.2) is 5.82 Å². The Morgan fingerprint density at radius 2 is 2.09 bits per heavy atom. The quantitative estimate of drug-likeness (QED) is 0.455. The molecule has 0 saturated carbocycles. The van der Waals surface area contributed by atoms with E-state index in [1.165, 1.54) is 12.4 Å². The molecule has 2 amide bonds. The fourth-order valence-electron chi connectivity index (χ4n) is 3.62. The molecule has 1 fully saturated rings. The maximum Gasteiger partial charge on any atom is 0.321 e. The van der Waals surface area contributed by atoms with Gasteiger partial charge in [-0.2, -0.15) is 0 Å². The van der Waals surface area contributed by atoms with Crippen molar-refractivity contribution in [1.29, 1.82) is 0 Å². The standard InChI is InChI=1S/C21H25FN6O3.ClH/c1-4-23-20(29)28-19-26-13-8-12(11-9-24-18(25-10-11)21(2,3)30)16(22)15(17(13)27-19)14-6-5-7-31-14;/h8-10,14,30H,4-7H2,1-3H3,(H3,23,26,27,28,29);1H/t14-;/m1./s1. The number of imidazole rings is 1. The summed E-state index contributed by atoms with van der Waals surface area (Å²) in [6, 6.07) is 1.21. The fourth-order valence-corrected chi connectivity index (χ4v) is 3.62. The first-order valence-electron chi connectivity index (χ1n) is 10.2. The van der Waals surface area contributed by atoms with Gasteiger partial charge in [0.25, 0.3) is 0 Å². The summed E-state index contributed by atoms with van der Waals surface area (Å²) < 4.78 is 21.5. The highest BCUT2D eigenvalue weighted by atomic mass is 35.5. The van der Waals surface area contributed by atoms with Crippen LogP contribution in [0.4, 0.5) is 15.1 Å². The van der Waals surface area contributed by atoms with Gasteiger partial charge in [0, 0.05) is 42.2 Å². The minimum Gasteiger partial charge on any atom is -0.382 e. The summed E-state index contributed by atoms with van der Waals surface area (Å²) in [5, 5.41) is 15.3. The van der Waals surface area contributed by atoms with Crippen LogP contribution < -0.4 is 10.6 Å². The minimum atomic E-state index is -1.20. The molecule has 0 bridgehead atoms. The molecule has 32 heavy (non-hydrogen) atoms. The van der Waals surface area contributed by atoms with Gasteiger partial charge in [0.05, 0.1) is 17.1 Å². The molecule has 1 aliphatic rings. The lowest BCUT2D eigenvalue weighted by atomic mass is 9.98. The Morgan fingerprint density at radius 3 is 2.69 bits per heavy atom. The number of rotatable bonds is 5. The van der Waals surface area contributed by atoms with E-state index >= 15 is 4.39 Å². The van der Waals surface area contributed by atoms with Crippen molar-refractivity contribution in [3.8, 4) is 11.1 Å². The Labute approximate surface area is 190 Å². The number of carbonyl (C=O) groups excluding carboxylic acids is 1. The number of fused-ring (bicyclic) bond motifs is 1. The third kappa shape index (κ3) is 4.67. The molecule has 9 nitrogen and oxygen atoms in total. The summed E-state index contributed by atoms with van der Waals surface area (Å²) in [6.07, 6.45) is 4.03. The SMILES string of the molecule is CCNC(=O)Nc1nc2c([C@H]3CCCO3)c(F)c(-c3cnc(C(C)(C)O)nc3)cc2[nH]1.Cl. The minimum absolute atomic E-state index is 0. The summed E-state index contributed by atoms with van der Waals surface area (Å²) in [7, 11) is 0. The molecule has 1 aromatic carbocycles. The molecular formula is C21H26ClFN6O3. The van der Waals surface area contributed by atoms with Crippen LogP contribution in [-0.2, 0) is 10.3 Å². The lowest BCUT2D eigenvalue weighted by Crippen LogP contribution is -2.28. The molecule has 4 rings (SSSR count). The highest BCUT2D eigenvalue weighted by molar-refractivity contribution is 5.92. The summed E-state index contributed by atoms with van der Waals surface area (Å²) >= 11 is 0. The first-order valence-corrected chi connectivity index (χ1v) is 10.2. The van der Waals surface area contributed by atoms with E-state index in [4.69, 9.17) is 4.74 Å². The topological polar surface area (TPSA) is 125 Å². The van der Waals surface area contributed by atoms with Crippen molar-refractivity contribution >= 4 is 35.4 Å². The van der Waals surface area contributed by atoms with Crippen molar-refractivity contribution in [2.24, 2.45) is 0 Å². The zero-order valence-electron chi connectivity index (χ0n) is 18.0. The van der Waals surface area contributed by atoms with Crippen LogP contribution in [0.3, 0.4) is 0 Å². The molecular weight excluding hydrogens is 439 g/mol. The van der Waals surface area contributed by atoms with Gasteiger partial charge in [0.1, 0.15) is 11.4 Å². The molecule has 3 heterocycles. The molecule has 1 saturated heterocycles. The first kappa shape index (κ1) is 23.8. The fraction of sp³-hybridized carbons (Fsp3) is 0.429. The summed E-state index contributed by atoms with van der Waals surface area (Å²) in [5.74, 6) is -0.00695. The van der Waals surface area contributed by atoms with Crippen molar-refractivity contribution in [3.63, 3.8) is 0 Å². The van der Waals surface area contributed by atoms with E-state index in [2.05, 4.69) is 30.6 Å². The van der Waals surface area contributed by atoms with E-state index in [1.54, 1.807) is 26.8 Å². The molecule has 1 aliphatic heterocycles. The van der Waals surface area contributed by atoms with E-state index in [0.29, 0.717) is 41.7 Å². The highest BCUT2D eigenvalue weighted by Crippen LogP contribution is 2.39. The van der Waals surface area contributed by atoms with Gasteiger partial charge in [-0.25, -0.2) is 24.1 Å². The number of hydrogen-bond donors (Lipinski definition) is 4. The number of halogens is 2. The number of aliphatic hydroxyl groups is 1. The number of urea groups is 1. The number of aromatic nitrogens is 4. The van der Waals surface area contributed by atoms with Gasteiger partial charge >= 0.3 is 6.03 Å². The van der Waals surface area contributed by atoms with Crippen molar-refractivity contribution in [1.82, 2.24) is 25.3 Å². The Hall–Kier alpha value is -2.82. The average molecular weight is 465 g/mol. The van der Waals surface area contributed by atoms with Crippen molar-refractivity contribution in [2.75, 3.05) is 18.5 Å². The van der Waals surface area contributed by atoms with Gasteiger partial charge < -0.3 is 20.1 Å². The number of carbonyl (C=O) groups is 1. The largest absolute Gasteiger partial charge is 0.382 e. The van der Waals surface area contributed by atoms with E-state index in [9.17, 15) is 9.90 Å². The van der Waals surface area contributed by atoms with Crippen LogP contribution in [0.15, 0.2) is 18.5 Å². The molecule has 3 aromatic rings. The monoisotopic (exact) mass is 464 g/mol. The lowest BCUT2D eigenvalue weighted by molar-refractivity contribution is 0.0687. The van der Waals surface area contributed by atoms with Crippen LogP contribution in [0.5, 0.6) is 0 Å². The molecule has 172 valence electrons. The third-order valence-corrected chi connectivity index (χ3v) is 5.08. The van der Waals surface area contributed by atoms with Crippen molar-refractivity contribution < 1.29 is 19.0 Å². The van der Waals surface area contributed by atoms with Crippen LogP contribution in [0, 0.1) is 5.82 Å². The second-order valence-corrected chi connectivity index (χ2v) is 7.97. The van der Waals surface area contributed by atoms with E-state index in [1.807, 2.05) is 0 Å². The van der Waals surface area contributed by atoms with E-state index in [-0.39, 0.29) is 29.7 Å². The molecule has 0 aliphatic carbocycles. The molecule has 4 N–H and O–H groups in total. The smallest absolute Gasteiger partial charge is 0.321 e. The second kappa shape index (κ2) is 9.35. The van der Waals surface area contributed by atoms with Crippen LogP contribution >= 0.6 is 12.4 Å². The van der Waals surface area contributed by atoms with Gasteiger partial charge in [-0.05, 0) is 39.7 Å². The van der Waals surface area contributed by atoms with Crippen LogP contribution in [0.1, 0.15) is 51.1 Å². The molecule has 11 heteroatoms. The molecule has 1 atom stereocenters. The number of benzene rings is 1. The van der Waals surface area contributed by atoms with Gasteiger partial charge in [-0.1, -0.05) is 0 Å². The number of ether oxygens (including phenoxy) is 1. The Balaban J connectivity index is 0.00000289. The van der Waals surface area contributed by atoms with Crippen LogP contribution in [0.2, 0.25) is 0 Å². The van der Waals surface area contributed by atoms with Gasteiger partial charge in [0.2, 0.25) is 5.95 Å². The Bertz CT molecular complexity index is 1110. The maximum absolute atomic E-state index is 15.7. The summed E-state index contributed by atoms with van der Waals surface area (Å²) in [6.45, 7) is 5.98. The number of H-pyrrole nitrogens is 1. The zero-order chi connectivity index (χ0) is 22.2. The Kier molecular flexibility index (Phi) is 6.97. The zero-order valence-corrected chi connectivity index (χ0v) is 18.8. The number of hydrogen-bond acceptors (Lipinski definition) is 6. The van der Waals surface area contributed by atoms with Crippen LogP contribution in [-0.4, -0.2) is 44.2 Å². The predicted molar refractivity (Wildman–Crippen MR) is 120 cm³/mol. The molecule has 0 spiro atoms. The average Bonchev–Trinajstić information content (AvgIpc) is 3.37. The van der Waals surface area contributed by atoms with Crippen molar-refractivity contribution in [3.05, 3.63) is 35.7 Å². The third-order valence-electron chi connectivity index (χ3n) is 5.08. The van der Waals surface area contributed by atoms with Gasteiger partial charge in [-0.15, -0.1) is 12.4 Å². The number of nitrogens with zero attached hydrogens (tertiary/aromatic N) is 3. The highest BCUT2D eigenvalue weighted by Gasteiger charge is 2.28. The normalized spacial score (nSPS) is 16.1. The van der Waals surface area contributed by atoms with Gasteiger partial charge in [-0.3, -0.25) is 5.32 Å². The second-order valence-electron chi connectivity index (χ2n) is 7.97. The number of amides is 2. The van der Waals surface area contributed by atoms with Crippen molar-refractivity contribution in [2.45, 2.75) is 45.3 Å². The first-order chi connectivity index (χ1) is 14.8. The molecule has 0 unspecified atom stereocenters. The number of nitrogens with one attached hydrogen (secondary N) is 3. The van der Waals surface area contributed by atoms with E-state index in [0.717, 1.165) is 6.42 Å². The summed E-state index contributed by atoms with van der Waals surface area (Å²) in [4.78, 5) is 27.7. The number of anilines is 1. The maximum atomic E-state index is 15.7. The predicted octanol–water partition coefficient (Wildman–Crippen LogP) is 3.80. The number of aromatic amines is 1. The Morgan fingerprint density at radius 1 is 1.38 bits per heavy atom. The lowest BCUT2D eigenvalue weighted by Gasteiger charge is -2.16. The molecule has 0 radical (unpaired) electrons. The van der Waals surface area contributed by atoms with E-state index < -0.39 is 23.6 Å². The van der Waals surface area contributed by atoms with Crippen LogP contribution in [0.25, 0.3) is 22.2 Å². The summed E-state index contributed by atoms with van der Waals surface area (Å²) in [5.41, 5.74) is 0.853.